The summed E-state index contributed by atoms with van der Waals surface area (Å²) in [4.78, 5) is 2.42. The second-order valence-electron chi connectivity index (χ2n) is 5.91. The van der Waals surface area contributed by atoms with Gasteiger partial charge < -0.3 is 5.32 Å². The molecule has 19 heavy (non-hydrogen) atoms. The predicted molar refractivity (Wildman–Crippen MR) is 78.5 cm³/mol. The molecule has 3 rings (SSSR count). The van der Waals surface area contributed by atoms with E-state index in [0.29, 0.717) is 18.1 Å². The Labute approximate surface area is 122 Å². The Morgan fingerprint density at radius 1 is 1.32 bits per heavy atom. The highest BCUT2D eigenvalue weighted by Gasteiger charge is 2.34. The van der Waals surface area contributed by atoms with E-state index in [-0.39, 0.29) is 5.82 Å². The number of piperidine rings is 1. The maximum atomic E-state index is 13.1. The van der Waals surface area contributed by atoms with Crippen molar-refractivity contribution in [1.82, 2.24) is 10.2 Å². The van der Waals surface area contributed by atoms with Crippen molar-refractivity contribution in [3.63, 3.8) is 0 Å². The summed E-state index contributed by atoms with van der Waals surface area (Å²) < 4.78 is 14.0. The molecular weight excluding hydrogens is 307 g/mol. The molecule has 2 aliphatic heterocycles. The van der Waals surface area contributed by atoms with Crippen molar-refractivity contribution in [1.29, 1.82) is 0 Å². The van der Waals surface area contributed by atoms with Gasteiger partial charge in [-0.3, -0.25) is 4.90 Å². The molecule has 4 heteroatoms. The minimum atomic E-state index is -0.182. The normalized spacial score (nSPS) is 30.0. The van der Waals surface area contributed by atoms with Crippen LogP contribution in [0.15, 0.2) is 22.7 Å². The van der Waals surface area contributed by atoms with E-state index in [9.17, 15) is 4.39 Å². The summed E-state index contributed by atoms with van der Waals surface area (Å²) in [5.74, 6) is -0.182. The van der Waals surface area contributed by atoms with E-state index in [4.69, 9.17) is 0 Å². The fourth-order valence-electron chi connectivity index (χ4n) is 3.43. The largest absolute Gasteiger partial charge is 0.311 e. The lowest BCUT2D eigenvalue weighted by atomic mass is 9.98. The number of benzene rings is 1. The van der Waals surface area contributed by atoms with Crippen LogP contribution in [0.4, 0.5) is 4.39 Å². The van der Waals surface area contributed by atoms with Gasteiger partial charge >= 0.3 is 0 Å². The average Bonchev–Trinajstić information content (AvgIpc) is 2.71. The van der Waals surface area contributed by atoms with Gasteiger partial charge in [-0.15, -0.1) is 0 Å². The van der Waals surface area contributed by atoms with E-state index in [1.165, 1.54) is 25.7 Å². The van der Waals surface area contributed by atoms with Crippen molar-refractivity contribution in [3.05, 3.63) is 34.1 Å². The molecule has 0 radical (unpaired) electrons. The zero-order valence-electron chi connectivity index (χ0n) is 11.2. The van der Waals surface area contributed by atoms with E-state index in [0.717, 1.165) is 16.6 Å². The van der Waals surface area contributed by atoms with Crippen LogP contribution >= 0.6 is 15.9 Å². The molecule has 2 atom stereocenters. The molecule has 1 N–H and O–H groups in total. The van der Waals surface area contributed by atoms with Gasteiger partial charge in [0.2, 0.25) is 0 Å². The molecule has 0 saturated carbocycles. The molecule has 104 valence electrons. The fraction of sp³-hybridized carbons (Fsp3) is 0.600. The van der Waals surface area contributed by atoms with Gasteiger partial charge in [-0.1, -0.05) is 22.0 Å². The molecule has 2 unspecified atom stereocenters. The number of rotatable bonds is 3. The quantitative estimate of drug-likeness (QED) is 0.916. The van der Waals surface area contributed by atoms with Crippen LogP contribution in [0.25, 0.3) is 0 Å². The van der Waals surface area contributed by atoms with Crippen molar-refractivity contribution in [2.75, 3.05) is 7.05 Å². The molecule has 1 aromatic rings. The topological polar surface area (TPSA) is 15.3 Å². The molecule has 0 aliphatic carbocycles. The Kier molecular flexibility index (Phi) is 3.92. The lowest BCUT2D eigenvalue weighted by Crippen LogP contribution is -2.46. The van der Waals surface area contributed by atoms with Gasteiger partial charge in [-0.05, 0) is 50.4 Å². The van der Waals surface area contributed by atoms with Crippen LogP contribution in [0.5, 0.6) is 0 Å². The van der Waals surface area contributed by atoms with E-state index in [1.54, 1.807) is 12.1 Å². The van der Waals surface area contributed by atoms with E-state index >= 15 is 0 Å². The maximum Gasteiger partial charge on any atom is 0.124 e. The zero-order chi connectivity index (χ0) is 13.4. The Morgan fingerprint density at radius 2 is 2.00 bits per heavy atom. The number of nitrogens with one attached hydrogen (secondary N) is 1. The predicted octanol–water partition coefficient (Wildman–Crippen LogP) is 3.30. The van der Waals surface area contributed by atoms with Gasteiger partial charge in [-0.2, -0.15) is 0 Å². The first-order chi connectivity index (χ1) is 9.11. The highest BCUT2D eigenvalue weighted by atomic mass is 79.9. The molecule has 2 heterocycles. The number of hydrogen-bond acceptors (Lipinski definition) is 2. The third kappa shape index (κ3) is 3.01. The SMILES string of the molecule is CN(Cc1ccc(F)cc1Br)C1CC2CCC(C1)N2. The molecule has 2 nitrogen and oxygen atoms in total. The Bertz CT molecular complexity index is 453. The number of fused-ring (bicyclic) bond motifs is 2. The summed E-state index contributed by atoms with van der Waals surface area (Å²) >= 11 is 3.46. The maximum absolute atomic E-state index is 13.1. The van der Waals surface area contributed by atoms with Gasteiger partial charge in [0.1, 0.15) is 5.82 Å². The summed E-state index contributed by atoms with van der Waals surface area (Å²) in [6.45, 7) is 0.880. The average molecular weight is 327 g/mol. The second-order valence-corrected chi connectivity index (χ2v) is 6.77. The van der Waals surface area contributed by atoms with Crippen molar-refractivity contribution in [2.45, 2.75) is 50.4 Å². The van der Waals surface area contributed by atoms with Crippen LogP contribution in [0.1, 0.15) is 31.2 Å². The monoisotopic (exact) mass is 326 g/mol. The Balaban J connectivity index is 1.66. The van der Waals surface area contributed by atoms with Gasteiger partial charge in [0.05, 0.1) is 0 Å². The molecule has 2 saturated heterocycles. The molecule has 0 aromatic heterocycles. The second kappa shape index (κ2) is 5.51. The zero-order valence-corrected chi connectivity index (χ0v) is 12.8. The van der Waals surface area contributed by atoms with Crippen LogP contribution in [0, 0.1) is 5.82 Å². The van der Waals surface area contributed by atoms with E-state index in [2.05, 4.69) is 33.2 Å². The van der Waals surface area contributed by atoms with Crippen molar-refractivity contribution in [2.24, 2.45) is 0 Å². The number of halogens is 2. The third-order valence-corrected chi connectivity index (χ3v) is 5.24. The standard InChI is InChI=1S/C15H20BrFN2/c1-19(9-10-2-3-11(17)6-15(10)16)14-7-12-4-5-13(8-14)18-12/h2-3,6,12-14,18H,4-5,7-9H2,1H3. The lowest BCUT2D eigenvalue weighted by Gasteiger charge is -2.35. The van der Waals surface area contributed by atoms with Crippen LogP contribution in [0.3, 0.4) is 0 Å². The summed E-state index contributed by atoms with van der Waals surface area (Å²) in [6, 6.07) is 7.04. The number of hydrogen-bond donors (Lipinski definition) is 1. The highest BCUT2D eigenvalue weighted by Crippen LogP contribution is 2.30. The highest BCUT2D eigenvalue weighted by molar-refractivity contribution is 9.10. The fourth-order valence-corrected chi connectivity index (χ4v) is 3.91. The van der Waals surface area contributed by atoms with Crippen LogP contribution in [0.2, 0.25) is 0 Å². The van der Waals surface area contributed by atoms with Gasteiger partial charge in [0.15, 0.2) is 0 Å². The molecular formula is C15H20BrFN2. The number of nitrogens with zero attached hydrogens (tertiary/aromatic N) is 1. The molecule has 2 bridgehead atoms. The van der Waals surface area contributed by atoms with E-state index in [1.807, 2.05) is 6.07 Å². The first kappa shape index (κ1) is 13.5. The Hall–Kier alpha value is -0.450. The van der Waals surface area contributed by atoms with Crippen LogP contribution in [-0.2, 0) is 6.54 Å². The van der Waals surface area contributed by atoms with E-state index < -0.39 is 0 Å². The molecule has 2 fully saturated rings. The first-order valence-corrected chi connectivity index (χ1v) is 7.81. The van der Waals surface area contributed by atoms with Crippen molar-refractivity contribution in [3.8, 4) is 0 Å². The van der Waals surface area contributed by atoms with Crippen LogP contribution < -0.4 is 5.32 Å². The Morgan fingerprint density at radius 3 is 2.63 bits per heavy atom. The molecule has 0 spiro atoms. The van der Waals surface area contributed by atoms with Gasteiger partial charge in [0.25, 0.3) is 0 Å². The van der Waals surface area contributed by atoms with Gasteiger partial charge in [-0.25, -0.2) is 4.39 Å². The molecule has 0 amide bonds. The summed E-state index contributed by atoms with van der Waals surface area (Å²) in [5.41, 5.74) is 1.16. The van der Waals surface area contributed by atoms with Crippen LogP contribution in [-0.4, -0.2) is 30.1 Å². The summed E-state index contributed by atoms with van der Waals surface area (Å²) in [5, 5.41) is 3.67. The lowest BCUT2D eigenvalue weighted by molar-refractivity contribution is 0.165. The minimum absolute atomic E-state index is 0.182. The minimum Gasteiger partial charge on any atom is -0.311 e. The summed E-state index contributed by atoms with van der Waals surface area (Å²) in [7, 11) is 2.19. The summed E-state index contributed by atoms with van der Waals surface area (Å²) in [6.07, 6.45) is 5.14. The van der Waals surface area contributed by atoms with Crippen molar-refractivity contribution >= 4 is 15.9 Å². The smallest absolute Gasteiger partial charge is 0.124 e. The first-order valence-electron chi connectivity index (χ1n) is 7.02. The molecule has 2 aliphatic rings. The molecule has 1 aromatic carbocycles. The third-order valence-electron chi connectivity index (χ3n) is 4.51. The van der Waals surface area contributed by atoms with Gasteiger partial charge in [0, 0.05) is 29.1 Å². The van der Waals surface area contributed by atoms with Crippen molar-refractivity contribution < 1.29 is 4.39 Å².